The van der Waals surface area contributed by atoms with Crippen molar-refractivity contribution in [2.24, 2.45) is 0 Å². The number of pyridine rings is 1. The van der Waals surface area contributed by atoms with Crippen molar-refractivity contribution in [1.29, 1.82) is 0 Å². The molecule has 0 saturated carbocycles. The van der Waals surface area contributed by atoms with Gasteiger partial charge in [0.25, 0.3) is 0 Å². The van der Waals surface area contributed by atoms with Crippen LogP contribution < -0.4 is 5.73 Å². The molecule has 0 radical (unpaired) electrons. The van der Waals surface area contributed by atoms with Crippen molar-refractivity contribution in [3.63, 3.8) is 0 Å². The summed E-state index contributed by atoms with van der Waals surface area (Å²) in [6, 6.07) is 9.96. The molecule has 66 valence electrons. The lowest BCUT2D eigenvalue weighted by Gasteiger charge is -2.02. The van der Waals surface area contributed by atoms with Gasteiger partial charge in [0.2, 0.25) is 0 Å². The zero-order valence-electron chi connectivity index (χ0n) is 7.32. The minimum Gasteiger partial charge on any atom is -0.384 e. The van der Waals surface area contributed by atoms with Crippen LogP contribution in [-0.2, 0) is 0 Å². The first kappa shape index (κ1) is 8.38. The Kier molecular flexibility index (Phi) is 2.10. The maximum Gasteiger partial charge on any atom is 0.124 e. The van der Waals surface area contributed by atoms with Crippen LogP contribution >= 0.6 is 11.8 Å². The Balaban J connectivity index is 2.79. The number of anilines is 1. The van der Waals surface area contributed by atoms with Gasteiger partial charge in [-0.05, 0) is 24.5 Å². The van der Waals surface area contributed by atoms with E-state index in [1.54, 1.807) is 11.8 Å². The maximum atomic E-state index is 5.63. The first-order valence-corrected chi connectivity index (χ1v) is 5.23. The quantitative estimate of drug-likeness (QED) is 0.702. The van der Waals surface area contributed by atoms with Crippen molar-refractivity contribution < 1.29 is 0 Å². The largest absolute Gasteiger partial charge is 0.384 e. The summed E-state index contributed by atoms with van der Waals surface area (Å²) in [5, 5.41) is 1.14. The van der Waals surface area contributed by atoms with E-state index in [9.17, 15) is 0 Å². The highest BCUT2D eigenvalue weighted by atomic mass is 32.2. The lowest BCUT2D eigenvalue weighted by atomic mass is 10.2. The Bertz CT molecular complexity index is 440. The Labute approximate surface area is 81.2 Å². The van der Waals surface area contributed by atoms with Crippen LogP contribution in [0.25, 0.3) is 10.9 Å². The molecule has 2 N–H and O–H groups in total. The molecular formula is C10H10N2S. The van der Waals surface area contributed by atoms with Gasteiger partial charge in [-0.1, -0.05) is 12.1 Å². The maximum absolute atomic E-state index is 5.63. The van der Waals surface area contributed by atoms with E-state index in [2.05, 4.69) is 11.1 Å². The SMILES string of the molecule is CSc1cccc2ccc(N)nc12. The second kappa shape index (κ2) is 3.26. The van der Waals surface area contributed by atoms with Gasteiger partial charge in [0, 0.05) is 10.3 Å². The average Bonchev–Trinajstić information content (AvgIpc) is 2.17. The number of fused-ring (bicyclic) bond motifs is 1. The van der Waals surface area contributed by atoms with Crippen molar-refractivity contribution in [3.8, 4) is 0 Å². The molecule has 0 atom stereocenters. The van der Waals surface area contributed by atoms with Crippen LogP contribution in [0.4, 0.5) is 5.82 Å². The number of para-hydroxylation sites is 1. The monoisotopic (exact) mass is 190 g/mol. The van der Waals surface area contributed by atoms with Gasteiger partial charge in [-0.2, -0.15) is 0 Å². The van der Waals surface area contributed by atoms with Gasteiger partial charge in [-0.15, -0.1) is 11.8 Å². The number of hydrogen-bond donors (Lipinski definition) is 1. The summed E-state index contributed by atoms with van der Waals surface area (Å²) < 4.78 is 0. The fourth-order valence-electron chi connectivity index (χ4n) is 1.30. The molecule has 2 rings (SSSR count). The van der Waals surface area contributed by atoms with Crippen LogP contribution in [0.5, 0.6) is 0 Å². The molecule has 1 heterocycles. The molecule has 2 aromatic rings. The third kappa shape index (κ3) is 1.47. The predicted octanol–water partition coefficient (Wildman–Crippen LogP) is 2.54. The third-order valence-electron chi connectivity index (χ3n) is 1.92. The number of thioether (sulfide) groups is 1. The van der Waals surface area contributed by atoms with Gasteiger partial charge in [-0.3, -0.25) is 0 Å². The van der Waals surface area contributed by atoms with Gasteiger partial charge in [0.15, 0.2) is 0 Å². The highest BCUT2D eigenvalue weighted by Crippen LogP contribution is 2.24. The van der Waals surface area contributed by atoms with Crippen LogP contribution in [0.3, 0.4) is 0 Å². The molecule has 13 heavy (non-hydrogen) atoms. The van der Waals surface area contributed by atoms with Crippen LogP contribution in [0.2, 0.25) is 0 Å². The van der Waals surface area contributed by atoms with Crippen molar-refractivity contribution >= 4 is 28.5 Å². The van der Waals surface area contributed by atoms with Gasteiger partial charge >= 0.3 is 0 Å². The van der Waals surface area contributed by atoms with E-state index in [-0.39, 0.29) is 0 Å². The molecule has 3 heteroatoms. The smallest absolute Gasteiger partial charge is 0.124 e. The summed E-state index contributed by atoms with van der Waals surface area (Å²) in [5.41, 5.74) is 6.62. The van der Waals surface area contributed by atoms with Crippen molar-refractivity contribution in [2.75, 3.05) is 12.0 Å². The van der Waals surface area contributed by atoms with Crippen molar-refractivity contribution in [2.45, 2.75) is 4.90 Å². The molecule has 0 spiro atoms. The normalized spacial score (nSPS) is 10.5. The number of nitrogens with two attached hydrogens (primary N) is 1. The zero-order chi connectivity index (χ0) is 9.26. The lowest BCUT2D eigenvalue weighted by Crippen LogP contribution is -1.90. The lowest BCUT2D eigenvalue weighted by molar-refractivity contribution is 1.36. The number of rotatable bonds is 1. The molecule has 0 fully saturated rings. The molecule has 1 aromatic heterocycles. The molecule has 0 bridgehead atoms. The Morgan fingerprint density at radius 3 is 2.85 bits per heavy atom. The van der Waals surface area contributed by atoms with E-state index < -0.39 is 0 Å². The highest BCUT2D eigenvalue weighted by Gasteiger charge is 2.00. The summed E-state index contributed by atoms with van der Waals surface area (Å²) in [5.74, 6) is 0.578. The molecule has 0 aliphatic rings. The molecular weight excluding hydrogens is 180 g/mol. The average molecular weight is 190 g/mol. The van der Waals surface area contributed by atoms with E-state index in [1.807, 2.05) is 30.5 Å². The van der Waals surface area contributed by atoms with E-state index in [0.29, 0.717) is 5.82 Å². The summed E-state index contributed by atoms with van der Waals surface area (Å²) in [6.45, 7) is 0. The molecule has 0 unspecified atom stereocenters. The van der Waals surface area contributed by atoms with Gasteiger partial charge in [-0.25, -0.2) is 4.98 Å². The van der Waals surface area contributed by atoms with E-state index in [0.717, 1.165) is 10.9 Å². The number of benzene rings is 1. The molecule has 0 amide bonds. The fraction of sp³-hybridized carbons (Fsp3) is 0.100. The van der Waals surface area contributed by atoms with Crippen LogP contribution in [-0.4, -0.2) is 11.2 Å². The topological polar surface area (TPSA) is 38.9 Å². The Morgan fingerprint density at radius 2 is 2.08 bits per heavy atom. The molecule has 0 aliphatic carbocycles. The highest BCUT2D eigenvalue weighted by molar-refractivity contribution is 7.98. The molecule has 2 nitrogen and oxygen atoms in total. The number of hydrogen-bond acceptors (Lipinski definition) is 3. The minimum atomic E-state index is 0.578. The van der Waals surface area contributed by atoms with Crippen LogP contribution in [0.15, 0.2) is 35.2 Å². The first-order chi connectivity index (χ1) is 6.31. The Morgan fingerprint density at radius 1 is 1.23 bits per heavy atom. The summed E-state index contributed by atoms with van der Waals surface area (Å²) in [7, 11) is 0. The van der Waals surface area contributed by atoms with Crippen LogP contribution in [0.1, 0.15) is 0 Å². The molecule has 0 saturated heterocycles. The third-order valence-corrected chi connectivity index (χ3v) is 2.69. The van der Waals surface area contributed by atoms with E-state index in [1.165, 1.54) is 4.90 Å². The second-order valence-corrected chi connectivity index (χ2v) is 3.62. The number of nitrogens with zero attached hydrogens (tertiary/aromatic N) is 1. The standard InChI is InChI=1S/C10H10N2S/c1-13-8-4-2-3-7-5-6-9(11)12-10(7)8/h2-6H,1H3,(H2,11,12). The first-order valence-electron chi connectivity index (χ1n) is 4.00. The second-order valence-electron chi connectivity index (χ2n) is 2.77. The molecule has 0 aliphatic heterocycles. The molecule has 1 aromatic carbocycles. The summed E-state index contributed by atoms with van der Waals surface area (Å²) >= 11 is 1.69. The summed E-state index contributed by atoms with van der Waals surface area (Å²) in [4.78, 5) is 5.47. The van der Waals surface area contributed by atoms with Crippen molar-refractivity contribution in [1.82, 2.24) is 4.98 Å². The zero-order valence-corrected chi connectivity index (χ0v) is 8.14. The Hall–Kier alpha value is -1.22. The van der Waals surface area contributed by atoms with E-state index in [4.69, 9.17) is 5.73 Å². The fourth-order valence-corrected chi connectivity index (χ4v) is 1.87. The van der Waals surface area contributed by atoms with Gasteiger partial charge in [0.05, 0.1) is 5.52 Å². The predicted molar refractivity (Wildman–Crippen MR) is 57.9 cm³/mol. The van der Waals surface area contributed by atoms with Gasteiger partial charge < -0.3 is 5.73 Å². The van der Waals surface area contributed by atoms with E-state index >= 15 is 0 Å². The minimum absolute atomic E-state index is 0.578. The van der Waals surface area contributed by atoms with Gasteiger partial charge in [0.1, 0.15) is 5.82 Å². The van der Waals surface area contributed by atoms with Crippen LogP contribution in [0, 0.1) is 0 Å². The summed E-state index contributed by atoms with van der Waals surface area (Å²) in [6.07, 6.45) is 2.04. The van der Waals surface area contributed by atoms with Crippen molar-refractivity contribution in [3.05, 3.63) is 30.3 Å². The number of nitrogen functional groups attached to an aromatic ring is 1. The number of aromatic nitrogens is 1.